The molecule has 3 aromatic rings. The molecule has 1 atom stereocenters. The summed E-state index contributed by atoms with van der Waals surface area (Å²) in [5.41, 5.74) is 1.88. The predicted molar refractivity (Wildman–Crippen MR) is 148 cm³/mol. The maximum absolute atomic E-state index is 13.4. The number of Topliss-reactive ketones (excluding diaryl/α,β-unsaturated/α-hetero) is 1. The highest BCUT2D eigenvalue weighted by Gasteiger charge is 2.46. The SMILES string of the molecule is CC(C)COc1ccc(/C(O)=C2/C(=O)C(=O)N(CCc3ccc(F)cc3)C2c2cccc(OC(C)C)c2)cc1. The maximum Gasteiger partial charge on any atom is 0.295 e. The van der Waals surface area contributed by atoms with Gasteiger partial charge in [-0.25, -0.2) is 4.39 Å². The first kappa shape index (κ1) is 27.9. The van der Waals surface area contributed by atoms with Crippen molar-refractivity contribution in [3.05, 3.63) is 101 Å². The second-order valence-electron chi connectivity index (χ2n) is 10.3. The summed E-state index contributed by atoms with van der Waals surface area (Å²) in [6, 6.07) is 19.2. The Morgan fingerprint density at radius 2 is 1.64 bits per heavy atom. The molecule has 1 N–H and O–H groups in total. The van der Waals surface area contributed by atoms with E-state index in [4.69, 9.17) is 9.47 Å². The van der Waals surface area contributed by atoms with E-state index in [1.54, 1.807) is 48.5 Å². The van der Waals surface area contributed by atoms with Gasteiger partial charge in [0.15, 0.2) is 0 Å². The molecular weight excluding hydrogens is 497 g/mol. The molecule has 1 fully saturated rings. The molecular formula is C32H34FNO5. The third-order valence-electron chi connectivity index (χ3n) is 6.35. The van der Waals surface area contributed by atoms with Crippen molar-refractivity contribution in [2.24, 2.45) is 5.92 Å². The number of ether oxygens (including phenoxy) is 2. The zero-order valence-electron chi connectivity index (χ0n) is 22.7. The molecule has 0 aromatic heterocycles. The van der Waals surface area contributed by atoms with E-state index in [-0.39, 0.29) is 29.8 Å². The van der Waals surface area contributed by atoms with E-state index in [0.29, 0.717) is 41.6 Å². The summed E-state index contributed by atoms with van der Waals surface area (Å²) in [6.07, 6.45) is 0.343. The van der Waals surface area contributed by atoms with Crippen molar-refractivity contribution in [1.82, 2.24) is 4.90 Å². The van der Waals surface area contributed by atoms with Crippen LogP contribution < -0.4 is 9.47 Å². The molecule has 1 saturated heterocycles. The van der Waals surface area contributed by atoms with Crippen molar-refractivity contribution in [3.8, 4) is 11.5 Å². The van der Waals surface area contributed by atoms with E-state index in [1.807, 2.05) is 26.0 Å². The summed E-state index contributed by atoms with van der Waals surface area (Å²) in [6.45, 7) is 8.69. The summed E-state index contributed by atoms with van der Waals surface area (Å²) in [7, 11) is 0. The third kappa shape index (κ3) is 6.66. The van der Waals surface area contributed by atoms with Gasteiger partial charge in [-0.1, -0.05) is 38.1 Å². The molecule has 1 aliphatic heterocycles. The van der Waals surface area contributed by atoms with Gasteiger partial charge >= 0.3 is 0 Å². The van der Waals surface area contributed by atoms with Crippen LogP contribution in [-0.4, -0.2) is 41.0 Å². The summed E-state index contributed by atoms with van der Waals surface area (Å²) >= 11 is 0. The Labute approximate surface area is 228 Å². The van der Waals surface area contributed by atoms with Crippen LogP contribution in [0.15, 0.2) is 78.4 Å². The average Bonchev–Trinajstić information content (AvgIpc) is 3.16. The van der Waals surface area contributed by atoms with Gasteiger partial charge in [0.2, 0.25) is 0 Å². The van der Waals surface area contributed by atoms with Crippen molar-refractivity contribution in [2.45, 2.75) is 46.3 Å². The minimum atomic E-state index is -0.821. The molecule has 6 nitrogen and oxygen atoms in total. The van der Waals surface area contributed by atoms with Crippen LogP contribution >= 0.6 is 0 Å². The molecule has 1 unspecified atom stereocenters. The minimum absolute atomic E-state index is 0.0108. The minimum Gasteiger partial charge on any atom is -0.507 e. The van der Waals surface area contributed by atoms with Crippen LogP contribution in [0.5, 0.6) is 11.5 Å². The molecule has 7 heteroatoms. The van der Waals surface area contributed by atoms with Crippen molar-refractivity contribution in [1.29, 1.82) is 0 Å². The summed E-state index contributed by atoms with van der Waals surface area (Å²) in [4.78, 5) is 28.1. The number of aliphatic hydroxyl groups is 1. The highest BCUT2D eigenvalue weighted by atomic mass is 19.1. The molecule has 0 spiro atoms. The van der Waals surface area contributed by atoms with E-state index >= 15 is 0 Å². The fourth-order valence-electron chi connectivity index (χ4n) is 4.52. The van der Waals surface area contributed by atoms with E-state index in [9.17, 15) is 19.1 Å². The van der Waals surface area contributed by atoms with Crippen molar-refractivity contribution < 1.29 is 28.6 Å². The van der Waals surface area contributed by atoms with Gasteiger partial charge in [0.25, 0.3) is 11.7 Å². The lowest BCUT2D eigenvalue weighted by Gasteiger charge is -2.26. The second kappa shape index (κ2) is 12.2. The van der Waals surface area contributed by atoms with Crippen molar-refractivity contribution in [3.63, 3.8) is 0 Å². The molecule has 1 amide bonds. The Hall–Kier alpha value is -4.13. The topological polar surface area (TPSA) is 76.1 Å². The lowest BCUT2D eigenvalue weighted by Crippen LogP contribution is -2.31. The van der Waals surface area contributed by atoms with Crippen LogP contribution in [0.25, 0.3) is 5.76 Å². The Kier molecular flexibility index (Phi) is 8.69. The monoisotopic (exact) mass is 531 g/mol. The van der Waals surface area contributed by atoms with Gasteiger partial charge in [0.05, 0.1) is 24.3 Å². The first-order valence-corrected chi connectivity index (χ1v) is 13.2. The zero-order chi connectivity index (χ0) is 28.1. The van der Waals surface area contributed by atoms with Gasteiger partial charge in [-0.05, 0) is 85.8 Å². The van der Waals surface area contributed by atoms with Gasteiger partial charge in [-0.2, -0.15) is 0 Å². The van der Waals surface area contributed by atoms with Gasteiger partial charge in [0.1, 0.15) is 23.1 Å². The summed E-state index contributed by atoms with van der Waals surface area (Å²) < 4.78 is 25.0. The number of hydrogen-bond acceptors (Lipinski definition) is 5. The van der Waals surface area contributed by atoms with Crippen molar-refractivity contribution >= 4 is 17.4 Å². The number of rotatable bonds is 10. The Balaban J connectivity index is 1.73. The van der Waals surface area contributed by atoms with Crippen LogP contribution in [0.3, 0.4) is 0 Å². The fraction of sp³-hybridized carbons (Fsp3) is 0.312. The standard InChI is InChI=1S/C32H34FNO5/c1-20(2)19-38-26-14-10-23(11-15-26)30(35)28-29(24-6-5-7-27(18-24)39-21(3)4)34(32(37)31(28)36)17-16-22-8-12-25(33)13-9-22/h5-15,18,20-21,29,35H,16-17,19H2,1-4H3/b30-28-. The molecule has 4 rings (SSSR count). The Bertz CT molecular complexity index is 1350. The number of amides is 1. The van der Waals surface area contributed by atoms with Crippen LogP contribution in [0.4, 0.5) is 4.39 Å². The number of ketones is 1. The van der Waals surface area contributed by atoms with Gasteiger partial charge in [-0.3, -0.25) is 9.59 Å². The predicted octanol–water partition coefficient (Wildman–Crippen LogP) is 6.31. The number of hydrogen-bond donors (Lipinski definition) is 1. The highest BCUT2D eigenvalue weighted by molar-refractivity contribution is 6.46. The van der Waals surface area contributed by atoms with E-state index in [2.05, 4.69) is 13.8 Å². The highest BCUT2D eigenvalue weighted by Crippen LogP contribution is 2.40. The van der Waals surface area contributed by atoms with E-state index in [0.717, 1.165) is 5.56 Å². The number of aliphatic hydroxyl groups excluding tert-OH is 1. The summed E-state index contributed by atoms with van der Waals surface area (Å²) in [5.74, 6) is -0.453. The largest absolute Gasteiger partial charge is 0.507 e. The van der Waals surface area contributed by atoms with Gasteiger partial charge in [0, 0.05) is 12.1 Å². The molecule has 0 saturated carbocycles. The Morgan fingerprint density at radius 3 is 2.28 bits per heavy atom. The van der Waals surface area contributed by atoms with Gasteiger partial charge in [-0.15, -0.1) is 0 Å². The number of carbonyl (C=O) groups excluding carboxylic acids is 2. The first-order valence-electron chi connectivity index (χ1n) is 13.2. The Morgan fingerprint density at radius 1 is 0.949 bits per heavy atom. The number of likely N-dealkylation sites (tertiary alicyclic amines) is 1. The van der Waals surface area contributed by atoms with Crippen molar-refractivity contribution in [2.75, 3.05) is 13.2 Å². The number of carbonyl (C=O) groups is 2. The molecule has 39 heavy (non-hydrogen) atoms. The zero-order valence-corrected chi connectivity index (χ0v) is 22.7. The van der Waals surface area contributed by atoms with E-state index < -0.39 is 17.7 Å². The summed E-state index contributed by atoms with van der Waals surface area (Å²) in [5, 5.41) is 11.4. The van der Waals surface area contributed by atoms with Crippen LogP contribution in [-0.2, 0) is 16.0 Å². The third-order valence-corrected chi connectivity index (χ3v) is 6.35. The molecule has 3 aromatic carbocycles. The van der Waals surface area contributed by atoms with Crippen LogP contribution in [0.2, 0.25) is 0 Å². The lowest BCUT2D eigenvalue weighted by atomic mass is 9.95. The quantitative estimate of drug-likeness (QED) is 0.188. The number of benzene rings is 3. The van der Waals surface area contributed by atoms with Gasteiger partial charge < -0.3 is 19.5 Å². The molecule has 1 aliphatic rings. The molecule has 1 heterocycles. The lowest BCUT2D eigenvalue weighted by molar-refractivity contribution is -0.139. The molecule has 0 bridgehead atoms. The van der Waals surface area contributed by atoms with E-state index in [1.165, 1.54) is 17.0 Å². The average molecular weight is 532 g/mol. The molecule has 0 radical (unpaired) electrons. The van der Waals surface area contributed by atoms with Crippen LogP contribution in [0.1, 0.15) is 50.4 Å². The number of nitrogens with zero attached hydrogens (tertiary/aromatic N) is 1. The molecule has 0 aliphatic carbocycles. The number of halogens is 1. The normalized spacial score (nSPS) is 16.8. The first-order chi connectivity index (χ1) is 18.6. The molecule has 204 valence electrons. The van der Waals surface area contributed by atoms with Crippen LogP contribution in [0, 0.1) is 11.7 Å². The smallest absolute Gasteiger partial charge is 0.295 e. The maximum atomic E-state index is 13.4. The second-order valence-corrected chi connectivity index (χ2v) is 10.3. The fourth-order valence-corrected chi connectivity index (χ4v) is 4.52.